The molecule has 1 aliphatic rings. The Hall–Kier alpha value is -1.96. The molecular formula is C19H22BrN3O3. The average Bonchev–Trinajstić information content (AvgIpc) is 2.58. The van der Waals surface area contributed by atoms with Crippen molar-refractivity contribution in [2.75, 3.05) is 18.4 Å². The molecule has 138 valence electrons. The fraction of sp³-hybridized carbons (Fsp3) is 0.368. The predicted octanol–water partition coefficient (Wildman–Crippen LogP) is 3.00. The van der Waals surface area contributed by atoms with E-state index in [9.17, 15) is 9.59 Å². The molecule has 1 fully saturated rings. The third kappa shape index (κ3) is 4.81. The van der Waals surface area contributed by atoms with Gasteiger partial charge in [0.15, 0.2) is 0 Å². The maximum atomic E-state index is 12.4. The number of H-pyrrole nitrogens is 1. The Kier molecular flexibility index (Phi) is 5.90. The fourth-order valence-electron chi connectivity index (χ4n) is 3.18. The normalized spacial score (nSPS) is 20.7. The van der Waals surface area contributed by atoms with Gasteiger partial charge in [0.1, 0.15) is 5.69 Å². The molecule has 2 heterocycles. The van der Waals surface area contributed by atoms with Crippen molar-refractivity contribution in [2.45, 2.75) is 32.6 Å². The number of carbonyl (C=O) groups excluding carboxylic acids is 1. The molecule has 26 heavy (non-hydrogen) atoms. The second kappa shape index (κ2) is 8.16. The minimum atomic E-state index is -0.339. The van der Waals surface area contributed by atoms with Crippen molar-refractivity contribution in [1.29, 1.82) is 0 Å². The van der Waals surface area contributed by atoms with E-state index in [4.69, 9.17) is 4.74 Å². The van der Waals surface area contributed by atoms with Gasteiger partial charge in [-0.3, -0.25) is 14.5 Å². The van der Waals surface area contributed by atoms with Gasteiger partial charge >= 0.3 is 0 Å². The van der Waals surface area contributed by atoms with Crippen LogP contribution in [0.4, 0.5) is 5.69 Å². The Morgan fingerprint density at radius 1 is 1.27 bits per heavy atom. The minimum Gasteiger partial charge on any atom is -0.373 e. The van der Waals surface area contributed by atoms with Gasteiger partial charge in [-0.05, 0) is 53.5 Å². The topological polar surface area (TPSA) is 74.4 Å². The summed E-state index contributed by atoms with van der Waals surface area (Å²) in [6.07, 6.45) is 1.99. The van der Waals surface area contributed by atoms with E-state index >= 15 is 0 Å². The molecular weight excluding hydrogens is 398 g/mol. The molecule has 2 N–H and O–H groups in total. The summed E-state index contributed by atoms with van der Waals surface area (Å²) >= 11 is 3.27. The van der Waals surface area contributed by atoms with Gasteiger partial charge in [0.2, 0.25) is 0 Å². The van der Waals surface area contributed by atoms with Gasteiger partial charge in [-0.15, -0.1) is 0 Å². The van der Waals surface area contributed by atoms with Gasteiger partial charge in [0, 0.05) is 35.9 Å². The molecule has 0 bridgehead atoms. The van der Waals surface area contributed by atoms with Crippen molar-refractivity contribution in [1.82, 2.24) is 9.88 Å². The zero-order chi connectivity index (χ0) is 18.7. The molecule has 1 amide bonds. The summed E-state index contributed by atoms with van der Waals surface area (Å²) in [5.74, 6) is -0.311. The number of amides is 1. The molecule has 1 saturated heterocycles. The molecule has 1 aliphatic heterocycles. The number of hydrogen-bond acceptors (Lipinski definition) is 4. The zero-order valence-electron chi connectivity index (χ0n) is 14.8. The quantitative estimate of drug-likeness (QED) is 0.798. The summed E-state index contributed by atoms with van der Waals surface area (Å²) in [4.78, 5) is 29.0. The Labute approximate surface area is 160 Å². The fourth-order valence-corrected chi connectivity index (χ4v) is 3.52. The highest BCUT2D eigenvalue weighted by Crippen LogP contribution is 2.16. The van der Waals surface area contributed by atoms with Crippen LogP contribution in [0.15, 0.2) is 45.8 Å². The maximum absolute atomic E-state index is 12.4. The number of aromatic amines is 1. The molecule has 2 unspecified atom stereocenters. The molecule has 0 radical (unpaired) electrons. The molecule has 2 atom stereocenters. The number of hydrogen-bond donors (Lipinski definition) is 2. The van der Waals surface area contributed by atoms with E-state index in [2.05, 4.69) is 45.0 Å². The summed E-state index contributed by atoms with van der Waals surface area (Å²) in [6, 6.07) is 9.04. The number of nitrogens with zero attached hydrogens (tertiary/aromatic N) is 1. The van der Waals surface area contributed by atoms with Crippen LogP contribution in [0.25, 0.3) is 0 Å². The molecule has 6 nitrogen and oxygen atoms in total. The van der Waals surface area contributed by atoms with Crippen molar-refractivity contribution >= 4 is 27.5 Å². The smallest absolute Gasteiger partial charge is 0.271 e. The van der Waals surface area contributed by atoms with Crippen LogP contribution in [0.5, 0.6) is 0 Å². The number of rotatable bonds is 4. The highest BCUT2D eigenvalue weighted by atomic mass is 79.9. The minimum absolute atomic E-state index is 0.213. The second-order valence-electron chi connectivity index (χ2n) is 6.66. The van der Waals surface area contributed by atoms with Crippen LogP contribution in [0.2, 0.25) is 0 Å². The SMILES string of the molecule is CC1CN(Cc2ccc(C(=O)Nc3cc(Br)c[nH]c3=O)cc2)CC(C)O1. The maximum Gasteiger partial charge on any atom is 0.271 e. The number of aromatic nitrogens is 1. The molecule has 0 saturated carbocycles. The highest BCUT2D eigenvalue weighted by molar-refractivity contribution is 9.10. The number of halogens is 1. The standard InChI is InChI=1S/C19H22BrN3O3/c1-12-9-23(10-13(2)26-12)11-14-3-5-15(6-4-14)18(24)22-17-7-16(20)8-21-19(17)25/h3-8,12-13H,9-11H2,1-2H3,(H,21,25)(H,22,24). The van der Waals surface area contributed by atoms with Gasteiger partial charge in [-0.1, -0.05) is 12.1 Å². The van der Waals surface area contributed by atoms with Gasteiger partial charge in [0.05, 0.1) is 12.2 Å². The monoisotopic (exact) mass is 419 g/mol. The summed E-state index contributed by atoms with van der Waals surface area (Å²) in [5.41, 5.74) is 1.53. The lowest BCUT2D eigenvalue weighted by Gasteiger charge is -2.35. The lowest BCUT2D eigenvalue weighted by molar-refractivity contribution is -0.0704. The van der Waals surface area contributed by atoms with E-state index in [-0.39, 0.29) is 29.4 Å². The van der Waals surface area contributed by atoms with E-state index in [1.165, 1.54) is 6.20 Å². The second-order valence-corrected chi connectivity index (χ2v) is 7.58. The number of benzene rings is 1. The van der Waals surface area contributed by atoms with Crippen LogP contribution in [0.3, 0.4) is 0 Å². The summed E-state index contributed by atoms with van der Waals surface area (Å²) in [5, 5.41) is 2.64. The van der Waals surface area contributed by atoms with Crippen molar-refractivity contribution < 1.29 is 9.53 Å². The summed E-state index contributed by atoms with van der Waals surface area (Å²) in [6.45, 7) is 6.79. The highest BCUT2D eigenvalue weighted by Gasteiger charge is 2.22. The van der Waals surface area contributed by atoms with E-state index < -0.39 is 0 Å². The van der Waals surface area contributed by atoms with Gasteiger partial charge in [-0.25, -0.2) is 0 Å². The Balaban J connectivity index is 1.64. The summed E-state index contributed by atoms with van der Waals surface area (Å²) < 4.78 is 6.44. The molecule has 1 aromatic carbocycles. The van der Waals surface area contributed by atoms with Crippen LogP contribution < -0.4 is 10.9 Å². The molecule has 1 aromatic heterocycles. The first kappa shape index (κ1) is 18.8. The van der Waals surface area contributed by atoms with E-state index in [0.29, 0.717) is 10.0 Å². The number of morpholine rings is 1. The number of anilines is 1. The third-order valence-corrected chi connectivity index (χ3v) is 4.69. The van der Waals surface area contributed by atoms with Crippen molar-refractivity contribution in [3.63, 3.8) is 0 Å². The molecule has 7 heteroatoms. The summed E-state index contributed by atoms with van der Waals surface area (Å²) in [7, 11) is 0. The Bertz CT molecular complexity index is 825. The molecule has 0 aliphatic carbocycles. The van der Waals surface area contributed by atoms with Crippen LogP contribution in [0, 0.1) is 0 Å². The lowest BCUT2D eigenvalue weighted by Crippen LogP contribution is -2.44. The van der Waals surface area contributed by atoms with E-state index in [1.54, 1.807) is 18.2 Å². The van der Waals surface area contributed by atoms with Crippen molar-refractivity contribution in [3.05, 3.63) is 62.5 Å². The Morgan fingerprint density at radius 2 is 1.92 bits per heavy atom. The lowest BCUT2D eigenvalue weighted by atomic mass is 10.1. The van der Waals surface area contributed by atoms with E-state index in [0.717, 1.165) is 25.2 Å². The predicted molar refractivity (Wildman–Crippen MR) is 104 cm³/mol. The first-order valence-corrected chi connectivity index (χ1v) is 9.36. The third-order valence-electron chi connectivity index (χ3n) is 4.23. The van der Waals surface area contributed by atoms with E-state index in [1.807, 2.05) is 12.1 Å². The van der Waals surface area contributed by atoms with Crippen molar-refractivity contribution in [3.8, 4) is 0 Å². The van der Waals surface area contributed by atoms with Crippen LogP contribution in [0.1, 0.15) is 29.8 Å². The van der Waals surface area contributed by atoms with Crippen LogP contribution in [-0.4, -0.2) is 41.1 Å². The number of carbonyl (C=O) groups is 1. The first-order chi connectivity index (χ1) is 12.4. The molecule has 0 spiro atoms. The largest absolute Gasteiger partial charge is 0.373 e. The van der Waals surface area contributed by atoms with Crippen molar-refractivity contribution in [2.24, 2.45) is 0 Å². The number of nitrogens with one attached hydrogen (secondary N) is 2. The number of ether oxygens (including phenoxy) is 1. The van der Waals surface area contributed by atoms with Crippen LogP contribution >= 0.6 is 15.9 Å². The zero-order valence-corrected chi connectivity index (χ0v) is 16.4. The molecule has 3 rings (SSSR count). The number of pyridine rings is 1. The van der Waals surface area contributed by atoms with Gasteiger partial charge in [0.25, 0.3) is 11.5 Å². The first-order valence-electron chi connectivity index (χ1n) is 8.57. The average molecular weight is 420 g/mol. The Morgan fingerprint density at radius 3 is 2.58 bits per heavy atom. The van der Waals surface area contributed by atoms with Gasteiger partial charge in [-0.2, -0.15) is 0 Å². The van der Waals surface area contributed by atoms with Gasteiger partial charge < -0.3 is 15.0 Å². The van der Waals surface area contributed by atoms with Crippen LogP contribution in [-0.2, 0) is 11.3 Å². The molecule has 2 aromatic rings.